The Morgan fingerprint density at radius 2 is 1.78 bits per heavy atom. The molecule has 144 valence electrons. The summed E-state index contributed by atoms with van der Waals surface area (Å²) < 4.78 is 8.13. The Kier molecular flexibility index (Phi) is 5.91. The molecular weight excluding hydrogens is 332 g/mol. The van der Waals surface area contributed by atoms with Crippen LogP contribution in [-0.2, 0) is 0 Å². The first-order valence-corrected chi connectivity index (χ1v) is 9.93. The lowest BCUT2D eigenvalue weighted by Crippen LogP contribution is -2.36. The van der Waals surface area contributed by atoms with Gasteiger partial charge in [-0.2, -0.15) is 0 Å². The maximum Gasteiger partial charge on any atom is 0.119 e. The number of fused-ring (bicyclic) bond motifs is 1. The molecule has 0 amide bonds. The van der Waals surface area contributed by atoms with Gasteiger partial charge < -0.3 is 14.5 Å². The smallest absolute Gasteiger partial charge is 0.119 e. The summed E-state index contributed by atoms with van der Waals surface area (Å²) in [5.74, 6) is 1.41. The van der Waals surface area contributed by atoms with E-state index >= 15 is 0 Å². The quantitative estimate of drug-likeness (QED) is 0.529. The van der Waals surface area contributed by atoms with Crippen molar-refractivity contribution in [3.8, 4) is 16.9 Å². The van der Waals surface area contributed by atoms with Crippen molar-refractivity contribution in [1.29, 1.82) is 0 Å². The largest absolute Gasteiger partial charge is 0.494 e. The van der Waals surface area contributed by atoms with Crippen molar-refractivity contribution < 1.29 is 4.74 Å². The number of nitrogens with one attached hydrogen (secondary N) is 1. The van der Waals surface area contributed by atoms with Gasteiger partial charge in [0.15, 0.2) is 0 Å². The van der Waals surface area contributed by atoms with Crippen LogP contribution in [0.15, 0.2) is 54.9 Å². The molecular formula is C24H32N2O. The van der Waals surface area contributed by atoms with Crippen LogP contribution in [0.5, 0.6) is 5.75 Å². The highest BCUT2D eigenvalue weighted by atomic mass is 16.5. The molecule has 0 atom stereocenters. The normalized spacial score (nSPS) is 12.1. The highest BCUT2D eigenvalue weighted by Crippen LogP contribution is 2.35. The van der Waals surface area contributed by atoms with E-state index in [1.54, 1.807) is 0 Å². The number of rotatable bonds is 7. The van der Waals surface area contributed by atoms with Gasteiger partial charge in [-0.05, 0) is 75.0 Å². The minimum absolute atomic E-state index is 0.163. The summed E-state index contributed by atoms with van der Waals surface area (Å²) >= 11 is 0. The van der Waals surface area contributed by atoms with Gasteiger partial charge in [-0.15, -0.1) is 0 Å². The van der Waals surface area contributed by atoms with E-state index in [9.17, 15) is 0 Å². The highest BCUT2D eigenvalue weighted by Gasteiger charge is 2.15. The van der Waals surface area contributed by atoms with Gasteiger partial charge in [0.1, 0.15) is 5.75 Å². The van der Waals surface area contributed by atoms with E-state index in [-0.39, 0.29) is 5.54 Å². The first-order chi connectivity index (χ1) is 12.8. The molecule has 3 heteroatoms. The summed E-state index contributed by atoms with van der Waals surface area (Å²) in [5, 5.41) is 3.49. The maximum atomic E-state index is 5.91. The molecule has 0 unspecified atom stereocenters. The third-order valence-electron chi connectivity index (χ3n) is 4.72. The molecule has 0 bridgehead atoms. The fourth-order valence-corrected chi connectivity index (χ4v) is 3.34. The summed E-state index contributed by atoms with van der Waals surface area (Å²) in [6.45, 7) is 12.8. The molecule has 2 aromatic heterocycles. The predicted octanol–water partition coefficient (Wildman–Crippen LogP) is 5.89. The van der Waals surface area contributed by atoms with Gasteiger partial charge in [-0.25, -0.2) is 0 Å². The van der Waals surface area contributed by atoms with Gasteiger partial charge in [0.05, 0.1) is 12.1 Å². The first kappa shape index (κ1) is 19.5. The third kappa shape index (κ3) is 4.92. The van der Waals surface area contributed by atoms with Gasteiger partial charge >= 0.3 is 0 Å². The molecule has 0 fully saturated rings. The summed E-state index contributed by atoms with van der Waals surface area (Å²) in [4.78, 5) is 0. The van der Waals surface area contributed by atoms with Gasteiger partial charge in [-0.1, -0.05) is 32.0 Å². The van der Waals surface area contributed by atoms with E-state index in [2.05, 4.69) is 99.2 Å². The Labute approximate surface area is 163 Å². The highest BCUT2D eigenvalue weighted by molar-refractivity contribution is 5.84. The van der Waals surface area contributed by atoms with Crippen LogP contribution >= 0.6 is 0 Å². The molecule has 3 nitrogen and oxygen atoms in total. The van der Waals surface area contributed by atoms with Crippen molar-refractivity contribution >= 4 is 5.52 Å². The Hall–Kier alpha value is -2.26. The fourth-order valence-electron chi connectivity index (χ4n) is 3.34. The minimum atomic E-state index is 0.163. The Morgan fingerprint density at radius 3 is 2.44 bits per heavy atom. The molecule has 0 aliphatic heterocycles. The molecule has 3 aromatic rings. The summed E-state index contributed by atoms with van der Waals surface area (Å²) in [7, 11) is 0. The van der Waals surface area contributed by atoms with Crippen LogP contribution in [0.3, 0.4) is 0 Å². The lowest BCUT2D eigenvalue weighted by atomic mass is 9.95. The van der Waals surface area contributed by atoms with Gasteiger partial charge in [-0.3, -0.25) is 0 Å². The molecule has 0 radical (unpaired) electrons. The summed E-state index contributed by atoms with van der Waals surface area (Å²) in [6, 6.07) is 14.9. The van der Waals surface area contributed by atoms with Crippen LogP contribution in [0.1, 0.15) is 52.5 Å². The van der Waals surface area contributed by atoms with E-state index in [4.69, 9.17) is 4.74 Å². The van der Waals surface area contributed by atoms with Crippen molar-refractivity contribution in [2.45, 2.75) is 52.5 Å². The van der Waals surface area contributed by atoms with Crippen molar-refractivity contribution in [3.63, 3.8) is 0 Å². The summed E-state index contributed by atoms with van der Waals surface area (Å²) in [5.41, 5.74) is 5.36. The topological polar surface area (TPSA) is 25.7 Å². The Morgan fingerprint density at radius 1 is 1.04 bits per heavy atom. The van der Waals surface area contributed by atoms with Crippen LogP contribution in [0, 0.1) is 0 Å². The predicted molar refractivity (Wildman–Crippen MR) is 115 cm³/mol. The van der Waals surface area contributed by atoms with E-state index < -0.39 is 0 Å². The lowest BCUT2D eigenvalue weighted by molar-refractivity contribution is 0.298. The van der Waals surface area contributed by atoms with Crippen molar-refractivity contribution in [1.82, 2.24) is 9.72 Å². The molecule has 3 rings (SSSR count). The molecule has 1 N–H and O–H groups in total. The first-order valence-electron chi connectivity index (χ1n) is 9.93. The Balaban J connectivity index is 1.71. The number of aromatic nitrogens is 1. The van der Waals surface area contributed by atoms with Crippen molar-refractivity contribution in [3.05, 3.63) is 60.4 Å². The molecule has 27 heavy (non-hydrogen) atoms. The van der Waals surface area contributed by atoms with E-state index in [0.717, 1.165) is 25.3 Å². The van der Waals surface area contributed by atoms with Gasteiger partial charge in [0, 0.05) is 23.5 Å². The second-order valence-electron chi connectivity index (χ2n) is 8.51. The van der Waals surface area contributed by atoms with Crippen LogP contribution < -0.4 is 10.1 Å². The second kappa shape index (κ2) is 8.18. The van der Waals surface area contributed by atoms with Crippen LogP contribution in [0.4, 0.5) is 0 Å². The molecule has 0 aliphatic carbocycles. The number of nitrogens with zero attached hydrogens (tertiary/aromatic N) is 1. The molecule has 2 heterocycles. The molecule has 0 aliphatic rings. The average Bonchev–Trinajstić information content (AvgIpc) is 3.01. The average molecular weight is 365 g/mol. The number of hydrogen-bond acceptors (Lipinski definition) is 2. The standard InChI is InChI=1S/C24H32N2O/c1-18(2)21-17-26-15-7-6-9-22(26)23(21)19-10-12-20(13-11-19)27-16-8-14-25-24(3,4)5/h6-7,9-13,15,17-18,25H,8,14,16H2,1-5H3. The van der Waals surface area contributed by atoms with E-state index in [1.807, 2.05) is 0 Å². The number of hydrogen-bond donors (Lipinski definition) is 1. The zero-order valence-corrected chi connectivity index (χ0v) is 17.3. The monoisotopic (exact) mass is 364 g/mol. The Bertz CT molecular complexity index is 870. The fraction of sp³-hybridized carbons (Fsp3) is 0.417. The van der Waals surface area contributed by atoms with Crippen LogP contribution in [0.25, 0.3) is 16.6 Å². The SMILES string of the molecule is CC(C)c1cn2ccccc2c1-c1ccc(OCCCNC(C)(C)C)cc1. The van der Waals surface area contributed by atoms with Crippen molar-refractivity contribution in [2.24, 2.45) is 0 Å². The molecule has 0 spiro atoms. The third-order valence-corrected chi connectivity index (χ3v) is 4.72. The molecule has 0 saturated heterocycles. The van der Waals surface area contributed by atoms with Crippen LogP contribution in [0.2, 0.25) is 0 Å². The lowest BCUT2D eigenvalue weighted by Gasteiger charge is -2.20. The van der Waals surface area contributed by atoms with Gasteiger partial charge in [0.2, 0.25) is 0 Å². The van der Waals surface area contributed by atoms with Gasteiger partial charge in [0.25, 0.3) is 0 Å². The number of benzene rings is 1. The minimum Gasteiger partial charge on any atom is -0.494 e. The van der Waals surface area contributed by atoms with E-state index in [1.165, 1.54) is 22.2 Å². The number of ether oxygens (including phenoxy) is 1. The second-order valence-corrected chi connectivity index (χ2v) is 8.51. The summed E-state index contributed by atoms with van der Waals surface area (Å²) in [6.07, 6.45) is 5.37. The molecule has 1 aromatic carbocycles. The van der Waals surface area contributed by atoms with Crippen LogP contribution in [-0.4, -0.2) is 23.1 Å². The maximum absolute atomic E-state index is 5.91. The molecule has 0 saturated carbocycles. The zero-order valence-electron chi connectivity index (χ0n) is 17.3. The zero-order chi connectivity index (χ0) is 19.4. The van der Waals surface area contributed by atoms with E-state index in [0.29, 0.717) is 5.92 Å². The number of pyridine rings is 1. The van der Waals surface area contributed by atoms with Crippen molar-refractivity contribution in [2.75, 3.05) is 13.2 Å².